The number of nitrogens with two attached hydrogens (primary N) is 1. The zero-order valence-corrected chi connectivity index (χ0v) is 11.7. The number of hydrogen-bond acceptors (Lipinski definition) is 4. The van der Waals surface area contributed by atoms with Crippen LogP contribution in [0.4, 0.5) is 5.82 Å². The standard InChI is InChI=1S/C12H19BrN4/c1-9-4-2-3-5-12(9,7-14)17-11-10(13)6-15-8-16-11/h6,8-9H,2-5,7,14H2,1H3,(H,15,16,17). The highest BCUT2D eigenvalue weighted by Crippen LogP contribution is 2.36. The van der Waals surface area contributed by atoms with E-state index < -0.39 is 0 Å². The molecule has 2 atom stereocenters. The van der Waals surface area contributed by atoms with Crippen LogP contribution in [0.2, 0.25) is 0 Å². The van der Waals surface area contributed by atoms with Gasteiger partial charge in [0.15, 0.2) is 0 Å². The zero-order valence-electron chi connectivity index (χ0n) is 10.1. The number of nitrogens with one attached hydrogen (secondary N) is 1. The number of anilines is 1. The minimum atomic E-state index is -0.0187. The van der Waals surface area contributed by atoms with Crippen molar-refractivity contribution in [2.75, 3.05) is 11.9 Å². The monoisotopic (exact) mass is 298 g/mol. The van der Waals surface area contributed by atoms with Crippen molar-refractivity contribution < 1.29 is 0 Å². The van der Waals surface area contributed by atoms with Crippen molar-refractivity contribution in [3.05, 3.63) is 17.0 Å². The summed E-state index contributed by atoms with van der Waals surface area (Å²) in [5.41, 5.74) is 5.99. The second kappa shape index (κ2) is 5.31. The van der Waals surface area contributed by atoms with E-state index in [9.17, 15) is 0 Å². The third kappa shape index (κ3) is 2.60. The smallest absolute Gasteiger partial charge is 0.144 e. The first-order chi connectivity index (χ1) is 8.18. The summed E-state index contributed by atoms with van der Waals surface area (Å²) < 4.78 is 0.894. The molecule has 1 aromatic heterocycles. The fourth-order valence-electron chi connectivity index (χ4n) is 2.59. The topological polar surface area (TPSA) is 63.8 Å². The van der Waals surface area contributed by atoms with Crippen LogP contribution in [-0.2, 0) is 0 Å². The molecular formula is C12H19BrN4. The Hall–Kier alpha value is -0.680. The van der Waals surface area contributed by atoms with Gasteiger partial charge in [-0.25, -0.2) is 9.97 Å². The maximum Gasteiger partial charge on any atom is 0.144 e. The van der Waals surface area contributed by atoms with Gasteiger partial charge in [0.25, 0.3) is 0 Å². The van der Waals surface area contributed by atoms with Gasteiger partial charge in [0.05, 0.1) is 10.0 Å². The molecule has 94 valence electrons. The van der Waals surface area contributed by atoms with Gasteiger partial charge in [-0.05, 0) is 34.7 Å². The Morgan fingerprint density at radius 3 is 3.06 bits per heavy atom. The Balaban J connectivity index is 2.22. The van der Waals surface area contributed by atoms with Gasteiger partial charge in [-0.15, -0.1) is 0 Å². The molecule has 3 N–H and O–H groups in total. The molecule has 1 saturated carbocycles. The number of nitrogens with zero attached hydrogens (tertiary/aromatic N) is 2. The summed E-state index contributed by atoms with van der Waals surface area (Å²) in [5, 5.41) is 3.54. The number of rotatable bonds is 3. The first kappa shape index (κ1) is 12.8. The first-order valence-corrected chi connectivity index (χ1v) is 6.91. The number of hydrogen-bond donors (Lipinski definition) is 2. The van der Waals surface area contributed by atoms with Gasteiger partial charge in [0.2, 0.25) is 0 Å². The molecule has 0 radical (unpaired) electrons. The van der Waals surface area contributed by atoms with Crippen molar-refractivity contribution in [1.82, 2.24) is 9.97 Å². The lowest BCUT2D eigenvalue weighted by Gasteiger charge is -2.43. The van der Waals surface area contributed by atoms with E-state index in [0.717, 1.165) is 16.7 Å². The summed E-state index contributed by atoms with van der Waals surface area (Å²) in [7, 11) is 0. The molecule has 0 bridgehead atoms. The van der Waals surface area contributed by atoms with E-state index in [4.69, 9.17) is 5.73 Å². The quantitative estimate of drug-likeness (QED) is 0.900. The van der Waals surface area contributed by atoms with E-state index in [0.29, 0.717) is 12.5 Å². The molecular weight excluding hydrogens is 280 g/mol. The van der Waals surface area contributed by atoms with Crippen LogP contribution in [0, 0.1) is 5.92 Å². The highest BCUT2D eigenvalue weighted by atomic mass is 79.9. The molecule has 1 heterocycles. The summed E-state index contributed by atoms with van der Waals surface area (Å²) in [6.45, 7) is 2.92. The second-order valence-electron chi connectivity index (χ2n) is 4.85. The fourth-order valence-corrected chi connectivity index (χ4v) is 2.91. The predicted molar refractivity (Wildman–Crippen MR) is 72.8 cm³/mol. The molecule has 0 amide bonds. The van der Waals surface area contributed by atoms with Crippen molar-refractivity contribution in [3.63, 3.8) is 0 Å². The van der Waals surface area contributed by atoms with Crippen molar-refractivity contribution in [2.24, 2.45) is 11.7 Å². The molecule has 0 saturated heterocycles. The maximum absolute atomic E-state index is 6.01. The van der Waals surface area contributed by atoms with Crippen molar-refractivity contribution in [3.8, 4) is 0 Å². The molecule has 1 fully saturated rings. The van der Waals surface area contributed by atoms with E-state index in [1.54, 1.807) is 12.5 Å². The zero-order chi connectivity index (χ0) is 12.3. The third-order valence-electron chi connectivity index (χ3n) is 3.85. The predicted octanol–water partition coefficient (Wildman–Crippen LogP) is 2.56. The van der Waals surface area contributed by atoms with Gasteiger partial charge >= 0.3 is 0 Å². The number of aromatic nitrogens is 2. The summed E-state index contributed by atoms with van der Waals surface area (Å²) in [5.74, 6) is 1.42. The Bertz CT molecular complexity index is 385. The Morgan fingerprint density at radius 1 is 1.59 bits per heavy atom. The van der Waals surface area contributed by atoms with E-state index in [2.05, 4.69) is 38.1 Å². The van der Waals surface area contributed by atoms with Crippen LogP contribution in [0.25, 0.3) is 0 Å². The van der Waals surface area contributed by atoms with E-state index >= 15 is 0 Å². The van der Waals surface area contributed by atoms with Crippen molar-refractivity contribution >= 4 is 21.7 Å². The summed E-state index contributed by atoms with van der Waals surface area (Å²) >= 11 is 3.47. The van der Waals surface area contributed by atoms with Crippen LogP contribution in [-0.4, -0.2) is 22.1 Å². The normalized spacial score (nSPS) is 29.0. The molecule has 0 spiro atoms. The first-order valence-electron chi connectivity index (χ1n) is 6.12. The third-order valence-corrected chi connectivity index (χ3v) is 4.43. The molecule has 1 aliphatic rings. The molecule has 1 aromatic rings. The van der Waals surface area contributed by atoms with E-state index in [1.165, 1.54) is 19.3 Å². The van der Waals surface area contributed by atoms with Gasteiger partial charge in [-0.3, -0.25) is 0 Å². The lowest BCUT2D eigenvalue weighted by atomic mass is 9.73. The Kier molecular flexibility index (Phi) is 3.99. The molecule has 0 aliphatic heterocycles. The maximum atomic E-state index is 6.01. The summed E-state index contributed by atoms with van der Waals surface area (Å²) in [6, 6.07) is 0. The number of halogens is 1. The van der Waals surface area contributed by atoms with Crippen LogP contribution < -0.4 is 11.1 Å². The van der Waals surface area contributed by atoms with E-state index in [1.807, 2.05) is 0 Å². The molecule has 2 unspecified atom stereocenters. The van der Waals surface area contributed by atoms with Crippen LogP contribution in [0.3, 0.4) is 0 Å². The minimum Gasteiger partial charge on any atom is -0.362 e. The summed E-state index contributed by atoms with van der Waals surface area (Å²) in [4.78, 5) is 8.25. The molecule has 17 heavy (non-hydrogen) atoms. The lowest BCUT2D eigenvalue weighted by Crippen LogP contribution is -2.52. The highest BCUT2D eigenvalue weighted by molar-refractivity contribution is 9.10. The van der Waals surface area contributed by atoms with Gasteiger partial charge in [0.1, 0.15) is 12.1 Å². The van der Waals surface area contributed by atoms with Gasteiger partial charge in [0, 0.05) is 12.7 Å². The van der Waals surface area contributed by atoms with Gasteiger partial charge in [-0.2, -0.15) is 0 Å². The van der Waals surface area contributed by atoms with Gasteiger partial charge < -0.3 is 11.1 Å². The van der Waals surface area contributed by atoms with Crippen LogP contribution in [0.1, 0.15) is 32.6 Å². The molecule has 5 heteroatoms. The Labute approximate surface area is 111 Å². The SMILES string of the molecule is CC1CCCCC1(CN)Nc1ncncc1Br. The van der Waals surface area contributed by atoms with Crippen molar-refractivity contribution in [2.45, 2.75) is 38.1 Å². The van der Waals surface area contributed by atoms with Gasteiger partial charge in [-0.1, -0.05) is 19.8 Å². The largest absolute Gasteiger partial charge is 0.362 e. The molecule has 1 aliphatic carbocycles. The molecule has 4 nitrogen and oxygen atoms in total. The van der Waals surface area contributed by atoms with Crippen LogP contribution >= 0.6 is 15.9 Å². The van der Waals surface area contributed by atoms with Crippen LogP contribution in [0.15, 0.2) is 17.0 Å². The molecule has 2 rings (SSSR count). The van der Waals surface area contributed by atoms with Crippen molar-refractivity contribution in [1.29, 1.82) is 0 Å². The molecule has 0 aromatic carbocycles. The van der Waals surface area contributed by atoms with E-state index in [-0.39, 0.29) is 5.54 Å². The second-order valence-corrected chi connectivity index (χ2v) is 5.71. The average molecular weight is 299 g/mol. The fraction of sp³-hybridized carbons (Fsp3) is 0.667. The highest BCUT2D eigenvalue weighted by Gasteiger charge is 2.37. The summed E-state index contributed by atoms with van der Waals surface area (Å²) in [6.07, 6.45) is 8.19. The lowest BCUT2D eigenvalue weighted by molar-refractivity contribution is 0.235. The average Bonchev–Trinajstić information content (AvgIpc) is 2.35. The minimum absolute atomic E-state index is 0.0187. The van der Waals surface area contributed by atoms with Crippen LogP contribution in [0.5, 0.6) is 0 Å². The Morgan fingerprint density at radius 2 is 2.41 bits per heavy atom.